The van der Waals surface area contributed by atoms with Crippen molar-refractivity contribution in [2.45, 2.75) is 25.3 Å². The van der Waals surface area contributed by atoms with Gasteiger partial charge >= 0.3 is 6.03 Å². The standard InChI is InChI=1S/C19H17N3O3/c23-17(8-7-16-18(24)22-19(25)21-16)20-13-5-6-15-12(10-13)9-11-3-1-2-4-14(11)15/h1-6,10,16H,7-9H2,(H,20,23)(H2,21,22,24,25)/t16-/m0/s1. The van der Waals surface area contributed by atoms with Gasteiger partial charge in [-0.1, -0.05) is 30.3 Å². The topological polar surface area (TPSA) is 87.3 Å². The second kappa shape index (κ2) is 6.05. The van der Waals surface area contributed by atoms with Gasteiger partial charge in [0.25, 0.3) is 5.91 Å². The lowest BCUT2D eigenvalue weighted by Gasteiger charge is -2.09. The number of benzene rings is 2. The van der Waals surface area contributed by atoms with E-state index in [1.807, 2.05) is 30.3 Å². The van der Waals surface area contributed by atoms with Crippen LogP contribution in [0.15, 0.2) is 42.5 Å². The molecule has 0 radical (unpaired) electrons. The van der Waals surface area contributed by atoms with Crippen LogP contribution in [0.3, 0.4) is 0 Å². The molecule has 2 aliphatic rings. The Kier molecular flexibility index (Phi) is 3.72. The number of carbonyl (C=O) groups excluding carboxylic acids is 3. The first-order valence-corrected chi connectivity index (χ1v) is 8.22. The number of amides is 4. The molecule has 2 aromatic rings. The number of imide groups is 1. The van der Waals surface area contributed by atoms with Gasteiger partial charge in [-0.05, 0) is 47.2 Å². The Labute approximate surface area is 144 Å². The van der Waals surface area contributed by atoms with E-state index in [9.17, 15) is 14.4 Å². The van der Waals surface area contributed by atoms with Crippen molar-refractivity contribution in [3.05, 3.63) is 53.6 Å². The van der Waals surface area contributed by atoms with Crippen LogP contribution < -0.4 is 16.0 Å². The third-order valence-electron chi connectivity index (χ3n) is 4.60. The van der Waals surface area contributed by atoms with Crippen LogP contribution in [-0.2, 0) is 16.0 Å². The summed E-state index contributed by atoms with van der Waals surface area (Å²) >= 11 is 0. The van der Waals surface area contributed by atoms with Crippen molar-refractivity contribution in [3.63, 3.8) is 0 Å². The van der Waals surface area contributed by atoms with E-state index in [1.165, 1.54) is 22.3 Å². The van der Waals surface area contributed by atoms with E-state index < -0.39 is 12.1 Å². The van der Waals surface area contributed by atoms with Crippen LogP contribution in [0.1, 0.15) is 24.0 Å². The van der Waals surface area contributed by atoms with Crippen molar-refractivity contribution < 1.29 is 14.4 Å². The number of nitrogens with one attached hydrogen (secondary N) is 3. The summed E-state index contributed by atoms with van der Waals surface area (Å²) in [5.41, 5.74) is 5.69. The molecule has 1 atom stereocenters. The first-order valence-electron chi connectivity index (χ1n) is 8.22. The highest BCUT2D eigenvalue weighted by atomic mass is 16.2. The predicted molar refractivity (Wildman–Crippen MR) is 93.0 cm³/mol. The zero-order chi connectivity index (χ0) is 17.4. The fourth-order valence-electron chi connectivity index (χ4n) is 3.38. The van der Waals surface area contributed by atoms with Crippen LogP contribution in [-0.4, -0.2) is 23.9 Å². The summed E-state index contributed by atoms with van der Waals surface area (Å²) < 4.78 is 0. The maximum Gasteiger partial charge on any atom is 0.322 e. The lowest BCUT2D eigenvalue weighted by Crippen LogP contribution is -2.30. The molecular weight excluding hydrogens is 318 g/mol. The largest absolute Gasteiger partial charge is 0.326 e. The number of rotatable bonds is 4. The highest BCUT2D eigenvalue weighted by Crippen LogP contribution is 2.37. The first-order chi connectivity index (χ1) is 12.1. The summed E-state index contributed by atoms with van der Waals surface area (Å²) in [6.07, 6.45) is 1.30. The van der Waals surface area contributed by atoms with Crippen LogP contribution in [0, 0.1) is 0 Å². The smallest absolute Gasteiger partial charge is 0.322 e. The molecule has 25 heavy (non-hydrogen) atoms. The van der Waals surface area contributed by atoms with Gasteiger partial charge < -0.3 is 10.6 Å². The summed E-state index contributed by atoms with van der Waals surface area (Å²) in [4.78, 5) is 34.6. The fourth-order valence-corrected chi connectivity index (χ4v) is 3.38. The van der Waals surface area contributed by atoms with Crippen LogP contribution in [0.5, 0.6) is 0 Å². The van der Waals surface area contributed by atoms with E-state index >= 15 is 0 Å². The van der Waals surface area contributed by atoms with Gasteiger partial charge in [-0.25, -0.2) is 4.79 Å². The summed E-state index contributed by atoms with van der Waals surface area (Å²) in [5.74, 6) is -0.558. The van der Waals surface area contributed by atoms with E-state index in [0.29, 0.717) is 0 Å². The molecule has 1 aliphatic heterocycles. The van der Waals surface area contributed by atoms with E-state index in [1.54, 1.807) is 0 Å². The minimum absolute atomic E-state index is 0.162. The zero-order valence-electron chi connectivity index (χ0n) is 13.5. The van der Waals surface area contributed by atoms with Crippen LogP contribution in [0.25, 0.3) is 11.1 Å². The highest BCUT2D eigenvalue weighted by molar-refractivity contribution is 6.04. The molecule has 0 bridgehead atoms. The molecule has 1 aliphatic carbocycles. The van der Waals surface area contributed by atoms with Crippen LogP contribution in [0.4, 0.5) is 10.5 Å². The summed E-state index contributed by atoms with van der Waals surface area (Å²) in [6, 6.07) is 13.1. The molecule has 0 aromatic heterocycles. The Morgan fingerprint density at radius 3 is 2.68 bits per heavy atom. The number of hydrogen-bond acceptors (Lipinski definition) is 3. The van der Waals surface area contributed by atoms with E-state index in [4.69, 9.17) is 0 Å². The molecule has 1 saturated heterocycles. The van der Waals surface area contributed by atoms with Gasteiger partial charge in [-0.15, -0.1) is 0 Å². The Morgan fingerprint density at radius 1 is 1.08 bits per heavy atom. The molecule has 4 amide bonds. The molecule has 0 saturated carbocycles. The summed E-state index contributed by atoms with van der Waals surface area (Å²) in [5, 5.41) is 7.51. The summed E-state index contributed by atoms with van der Waals surface area (Å²) in [6.45, 7) is 0. The Bertz CT molecular complexity index is 891. The average Bonchev–Trinajstić information content (AvgIpc) is 3.11. The van der Waals surface area contributed by atoms with Gasteiger partial charge in [-0.2, -0.15) is 0 Å². The quantitative estimate of drug-likeness (QED) is 0.639. The number of urea groups is 1. The Hall–Kier alpha value is -3.15. The molecular formula is C19H17N3O3. The van der Waals surface area contributed by atoms with Crippen molar-refractivity contribution in [3.8, 4) is 11.1 Å². The maximum atomic E-state index is 12.1. The third-order valence-corrected chi connectivity index (χ3v) is 4.60. The van der Waals surface area contributed by atoms with Crippen molar-refractivity contribution in [1.29, 1.82) is 0 Å². The van der Waals surface area contributed by atoms with Crippen molar-refractivity contribution in [1.82, 2.24) is 10.6 Å². The molecule has 0 unspecified atom stereocenters. The normalized spacial score (nSPS) is 17.5. The second-order valence-corrected chi connectivity index (χ2v) is 6.31. The molecule has 126 valence electrons. The Balaban J connectivity index is 1.39. The number of fused-ring (bicyclic) bond motifs is 3. The lowest BCUT2D eigenvalue weighted by molar-refractivity contribution is -0.120. The molecule has 0 spiro atoms. The third kappa shape index (κ3) is 2.98. The van der Waals surface area contributed by atoms with E-state index in [2.05, 4.69) is 28.1 Å². The van der Waals surface area contributed by atoms with Crippen molar-refractivity contribution >= 4 is 23.5 Å². The molecule has 2 aromatic carbocycles. The van der Waals surface area contributed by atoms with E-state index in [-0.39, 0.29) is 24.7 Å². The maximum absolute atomic E-state index is 12.1. The van der Waals surface area contributed by atoms with Gasteiger partial charge in [0.1, 0.15) is 6.04 Å². The van der Waals surface area contributed by atoms with Crippen LogP contribution >= 0.6 is 0 Å². The van der Waals surface area contributed by atoms with Crippen LogP contribution in [0.2, 0.25) is 0 Å². The highest BCUT2D eigenvalue weighted by Gasteiger charge is 2.29. The second-order valence-electron chi connectivity index (χ2n) is 6.31. The summed E-state index contributed by atoms with van der Waals surface area (Å²) in [7, 11) is 0. The molecule has 3 N–H and O–H groups in total. The first kappa shape index (κ1) is 15.4. The van der Waals surface area contributed by atoms with Gasteiger partial charge in [0.2, 0.25) is 5.91 Å². The van der Waals surface area contributed by atoms with E-state index in [0.717, 1.165) is 12.1 Å². The number of anilines is 1. The number of carbonyl (C=O) groups is 3. The molecule has 1 fully saturated rings. The fraction of sp³-hybridized carbons (Fsp3) is 0.211. The number of hydrogen-bond donors (Lipinski definition) is 3. The van der Waals surface area contributed by atoms with Gasteiger partial charge in [-0.3, -0.25) is 14.9 Å². The van der Waals surface area contributed by atoms with Crippen molar-refractivity contribution in [2.75, 3.05) is 5.32 Å². The van der Waals surface area contributed by atoms with Crippen molar-refractivity contribution in [2.24, 2.45) is 0 Å². The SMILES string of the molecule is O=C(CC[C@@H]1NC(=O)NC1=O)Nc1ccc2c(c1)Cc1ccccc1-2. The average molecular weight is 335 g/mol. The molecule has 1 heterocycles. The van der Waals surface area contributed by atoms with Gasteiger partial charge in [0.15, 0.2) is 0 Å². The zero-order valence-corrected chi connectivity index (χ0v) is 13.5. The predicted octanol–water partition coefficient (Wildman–Crippen LogP) is 2.18. The minimum Gasteiger partial charge on any atom is -0.326 e. The molecule has 6 nitrogen and oxygen atoms in total. The molecule has 4 rings (SSSR count). The minimum atomic E-state index is -0.632. The van der Waals surface area contributed by atoms with Gasteiger partial charge in [0, 0.05) is 12.1 Å². The lowest BCUT2D eigenvalue weighted by atomic mass is 10.1. The monoisotopic (exact) mass is 335 g/mol. The van der Waals surface area contributed by atoms with Gasteiger partial charge in [0.05, 0.1) is 0 Å². The molecule has 6 heteroatoms. The Morgan fingerprint density at radius 2 is 1.88 bits per heavy atom.